The highest BCUT2D eigenvalue weighted by molar-refractivity contribution is 14.1. The molecule has 2 rings (SSSR count). The van der Waals surface area contributed by atoms with E-state index in [4.69, 9.17) is 5.73 Å². The van der Waals surface area contributed by atoms with Crippen molar-refractivity contribution >= 4 is 35.0 Å². The fourth-order valence-electron chi connectivity index (χ4n) is 1.62. The van der Waals surface area contributed by atoms with E-state index in [0.717, 1.165) is 12.8 Å². The van der Waals surface area contributed by atoms with Gasteiger partial charge in [-0.15, -0.1) is 12.4 Å². The number of hydrogen-bond acceptors (Lipinski definition) is 1. The summed E-state index contributed by atoms with van der Waals surface area (Å²) in [6.45, 7) is 0. The van der Waals surface area contributed by atoms with Crippen LogP contribution >= 0.6 is 35.0 Å². The van der Waals surface area contributed by atoms with Crippen LogP contribution < -0.4 is 5.73 Å². The summed E-state index contributed by atoms with van der Waals surface area (Å²) in [5.41, 5.74) is 8.72. The quantitative estimate of drug-likeness (QED) is 0.729. The highest BCUT2D eigenvalue weighted by Crippen LogP contribution is 2.22. The molecule has 0 saturated carbocycles. The largest absolute Gasteiger partial charge is 0.327 e. The monoisotopic (exact) mass is 295 g/mol. The molecule has 1 aliphatic carbocycles. The van der Waals surface area contributed by atoms with E-state index in [9.17, 15) is 0 Å². The summed E-state index contributed by atoms with van der Waals surface area (Å²) in [5, 5.41) is 0. The van der Waals surface area contributed by atoms with E-state index in [2.05, 4.69) is 40.8 Å². The van der Waals surface area contributed by atoms with E-state index in [0.29, 0.717) is 6.04 Å². The molecule has 66 valence electrons. The summed E-state index contributed by atoms with van der Waals surface area (Å²) in [6.07, 6.45) is 2.12. The predicted octanol–water partition coefficient (Wildman–Crippen LogP) is 2.14. The lowest BCUT2D eigenvalue weighted by atomic mass is 10.1. The van der Waals surface area contributed by atoms with Gasteiger partial charge in [0, 0.05) is 9.61 Å². The highest BCUT2D eigenvalue weighted by atomic mass is 127. The third-order valence-corrected chi connectivity index (χ3v) is 2.80. The SMILES string of the molecule is Cl.N[C@H]1Cc2ccc(I)cc2C1. The van der Waals surface area contributed by atoms with Gasteiger partial charge < -0.3 is 5.73 Å². The zero-order valence-electron chi connectivity index (χ0n) is 6.59. The maximum absolute atomic E-state index is 5.83. The van der Waals surface area contributed by atoms with Gasteiger partial charge in [0.25, 0.3) is 0 Å². The van der Waals surface area contributed by atoms with Crippen LogP contribution in [-0.4, -0.2) is 6.04 Å². The van der Waals surface area contributed by atoms with Crippen molar-refractivity contribution in [3.05, 3.63) is 32.9 Å². The van der Waals surface area contributed by atoms with Crippen LogP contribution in [0.25, 0.3) is 0 Å². The smallest absolute Gasteiger partial charge is 0.0133 e. The van der Waals surface area contributed by atoms with E-state index >= 15 is 0 Å². The minimum absolute atomic E-state index is 0. The molecule has 0 spiro atoms. The van der Waals surface area contributed by atoms with Gasteiger partial charge in [-0.2, -0.15) is 0 Å². The van der Waals surface area contributed by atoms with Crippen molar-refractivity contribution < 1.29 is 0 Å². The number of hydrogen-bond donors (Lipinski definition) is 1. The van der Waals surface area contributed by atoms with Crippen LogP contribution in [0.1, 0.15) is 11.1 Å². The minimum Gasteiger partial charge on any atom is -0.327 e. The van der Waals surface area contributed by atoms with Gasteiger partial charge >= 0.3 is 0 Å². The molecule has 0 saturated heterocycles. The molecule has 0 radical (unpaired) electrons. The molecular formula is C9H11ClIN. The summed E-state index contributed by atoms with van der Waals surface area (Å²) >= 11 is 2.34. The summed E-state index contributed by atoms with van der Waals surface area (Å²) < 4.78 is 1.32. The van der Waals surface area contributed by atoms with Gasteiger partial charge in [0.1, 0.15) is 0 Å². The zero-order chi connectivity index (χ0) is 7.84. The molecule has 12 heavy (non-hydrogen) atoms. The Hall–Kier alpha value is 0.200. The van der Waals surface area contributed by atoms with Crippen molar-refractivity contribution in [3.63, 3.8) is 0 Å². The molecule has 0 bridgehead atoms. The Balaban J connectivity index is 0.000000720. The lowest BCUT2D eigenvalue weighted by Crippen LogP contribution is -2.18. The number of halogens is 2. The normalized spacial score (nSPS) is 20.0. The van der Waals surface area contributed by atoms with Crippen LogP contribution in [0.4, 0.5) is 0 Å². The Morgan fingerprint density at radius 1 is 1.25 bits per heavy atom. The second-order valence-corrected chi connectivity index (χ2v) is 4.33. The lowest BCUT2D eigenvalue weighted by molar-refractivity contribution is 0.721. The lowest BCUT2D eigenvalue weighted by Gasteiger charge is -1.96. The predicted molar refractivity (Wildman–Crippen MR) is 61.8 cm³/mol. The third-order valence-electron chi connectivity index (χ3n) is 2.13. The summed E-state index contributed by atoms with van der Waals surface area (Å²) in [7, 11) is 0. The first-order chi connectivity index (χ1) is 5.25. The topological polar surface area (TPSA) is 26.0 Å². The molecule has 1 atom stereocenters. The first kappa shape index (κ1) is 10.3. The average molecular weight is 296 g/mol. The molecule has 3 heteroatoms. The molecule has 0 amide bonds. The van der Waals surface area contributed by atoms with Crippen LogP contribution in [0.5, 0.6) is 0 Å². The van der Waals surface area contributed by atoms with Crippen LogP contribution in [0.15, 0.2) is 18.2 Å². The molecule has 0 aliphatic heterocycles. The summed E-state index contributed by atoms with van der Waals surface area (Å²) in [5.74, 6) is 0. The molecule has 0 fully saturated rings. The van der Waals surface area contributed by atoms with E-state index in [1.54, 1.807) is 0 Å². The van der Waals surface area contributed by atoms with Crippen LogP contribution in [0.2, 0.25) is 0 Å². The van der Waals surface area contributed by atoms with Crippen LogP contribution in [-0.2, 0) is 12.8 Å². The standard InChI is InChI=1S/C9H10IN.ClH/c10-8-2-1-6-4-9(11)5-7(6)3-8;/h1-3,9H,4-5,11H2;1H/t9-;/m0./s1. The van der Waals surface area contributed by atoms with E-state index in [-0.39, 0.29) is 12.4 Å². The second kappa shape index (κ2) is 3.94. The number of nitrogens with two attached hydrogens (primary N) is 1. The first-order valence-corrected chi connectivity index (χ1v) is 4.86. The number of benzene rings is 1. The molecule has 1 aliphatic rings. The molecule has 1 aromatic carbocycles. The van der Waals surface area contributed by atoms with E-state index in [1.165, 1.54) is 14.7 Å². The van der Waals surface area contributed by atoms with Gasteiger partial charge in [-0.25, -0.2) is 0 Å². The van der Waals surface area contributed by atoms with Crippen molar-refractivity contribution in [1.82, 2.24) is 0 Å². The Morgan fingerprint density at radius 2 is 1.92 bits per heavy atom. The molecule has 1 aromatic rings. The highest BCUT2D eigenvalue weighted by Gasteiger charge is 2.17. The van der Waals surface area contributed by atoms with Crippen molar-refractivity contribution in [2.45, 2.75) is 18.9 Å². The maximum Gasteiger partial charge on any atom is 0.0133 e. The van der Waals surface area contributed by atoms with Crippen molar-refractivity contribution in [1.29, 1.82) is 0 Å². The van der Waals surface area contributed by atoms with Gasteiger partial charge in [-0.05, 0) is 58.7 Å². The Bertz CT molecular complexity index is 288. The molecule has 0 unspecified atom stereocenters. The fraction of sp³-hybridized carbons (Fsp3) is 0.333. The summed E-state index contributed by atoms with van der Waals surface area (Å²) in [4.78, 5) is 0. The Labute approximate surface area is 92.3 Å². The van der Waals surface area contributed by atoms with Gasteiger partial charge in [0.15, 0.2) is 0 Å². The van der Waals surface area contributed by atoms with Crippen molar-refractivity contribution in [2.75, 3.05) is 0 Å². The molecule has 0 aromatic heterocycles. The van der Waals surface area contributed by atoms with Gasteiger partial charge in [0.05, 0.1) is 0 Å². The second-order valence-electron chi connectivity index (χ2n) is 3.08. The molecular weight excluding hydrogens is 284 g/mol. The number of rotatable bonds is 0. The van der Waals surface area contributed by atoms with Gasteiger partial charge in [-0.3, -0.25) is 0 Å². The van der Waals surface area contributed by atoms with Crippen molar-refractivity contribution in [2.24, 2.45) is 5.73 Å². The van der Waals surface area contributed by atoms with Crippen LogP contribution in [0, 0.1) is 3.57 Å². The van der Waals surface area contributed by atoms with E-state index in [1.807, 2.05) is 0 Å². The Morgan fingerprint density at radius 3 is 2.67 bits per heavy atom. The Kier molecular flexibility index (Phi) is 3.37. The summed E-state index contributed by atoms with van der Waals surface area (Å²) in [6, 6.07) is 6.95. The molecule has 1 nitrogen and oxygen atoms in total. The van der Waals surface area contributed by atoms with Gasteiger partial charge in [0.2, 0.25) is 0 Å². The fourth-order valence-corrected chi connectivity index (χ4v) is 2.18. The third kappa shape index (κ3) is 1.92. The van der Waals surface area contributed by atoms with Gasteiger partial charge in [-0.1, -0.05) is 6.07 Å². The van der Waals surface area contributed by atoms with Crippen LogP contribution in [0.3, 0.4) is 0 Å². The average Bonchev–Trinajstić information content (AvgIpc) is 2.27. The molecule has 0 heterocycles. The van der Waals surface area contributed by atoms with E-state index < -0.39 is 0 Å². The molecule has 2 N–H and O–H groups in total. The first-order valence-electron chi connectivity index (χ1n) is 3.78. The minimum atomic E-state index is 0. The van der Waals surface area contributed by atoms with Crippen molar-refractivity contribution in [3.8, 4) is 0 Å². The maximum atomic E-state index is 5.83. The zero-order valence-corrected chi connectivity index (χ0v) is 9.56. The number of fused-ring (bicyclic) bond motifs is 1.